The fourth-order valence-corrected chi connectivity index (χ4v) is 5.32. The van der Waals surface area contributed by atoms with Crippen LogP contribution in [0.5, 0.6) is 17.2 Å². The Kier molecular flexibility index (Phi) is 8.76. The van der Waals surface area contributed by atoms with E-state index in [1.165, 1.54) is 33.5 Å². The van der Waals surface area contributed by atoms with E-state index in [1.807, 2.05) is 0 Å². The molecule has 0 bridgehead atoms. The van der Waals surface area contributed by atoms with E-state index >= 15 is 0 Å². The highest BCUT2D eigenvalue weighted by Crippen LogP contribution is 2.43. The molecule has 0 saturated carbocycles. The lowest BCUT2D eigenvalue weighted by molar-refractivity contribution is -0.125. The summed E-state index contributed by atoms with van der Waals surface area (Å²) in [6, 6.07) is 7.98. The second-order valence-corrected chi connectivity index (χ2v) is 10.9. The molecule has 0 aliphatic carbocycles. The Hall–Kier alpha value is -2.53. The summed E-state index contributed by atoms with van der Waals surface area (Å²) in [5.41, 5.74) is 0.0624. The highest BCUT2D eigenvalue weighted by Gasteiger charge is 2.46. The van der Waals surface area contributed by atoms with Gasteiger partial charge in [0, 0.05) is 23.9 Å². The molecule has 0 aromatic heterocycles. The van der Waals surface area contributed by atoms with E-state index in [1.54, 1.807) is 18.2 Å². The molecule has 1 aliphatic rings. The Morgan fingerprint density at radius 2 is 1.67 bits per heavy atom. The van der Waals surface area contributed by atoms with Crippen molar-refractivity contribution in [2.45, 2.75) is 31.1 Å². The van der Waals surface area contributed by atoms with Crippen molar-refractivity contribution >= 4 is 45.1 Å². The lowest BCUT2D eigenvalue weighted by Gasteiger charge is -2.29. The van der Waals surface area contributed by atoms with Crippen LogP contribution in [0.1, 0.15) is 41.6 Å². The number of rotatable bonds is 10. The SMILES string of the molecule is COc1cc(C(=O)N2CC(CCCCS(=O)(=O)O)(c3ccc(Cl)c(Cl)c3)CC2=O)cc(OC)c1OC. The van der Waals surface area contributed by atoms with Crippen LogP contribution in [0.2, 0.25) is 10.0 Å². The standard InChI is InChI=1S/C24H27Cl2NO8S/c1-33-19-10-15(11-20(34-2)22(19)35-3)23(29)27-14-24(13-21(27)28,8-4-5-9-36(30,31)32)16-6-7-17(25)18(26)12-16/h6-7,10-12H,4-5,8-9,13-14H2,1-3H3,(H,30,31,32). The highest BCUT2D eigenvalue weighted by atomic mass is 35.5. The van der Waals surface area contributed by atoms with Gasteiger partial charge in [-0.05, 0) is 42.7 Å². The molecule has 12 heteroatoms. The number of imide groups is 1. The first-order valence-corrected chi connectivity index (χ1v) is 13.4. The van der Waals surface area contributed by atoms with Gasteiger partial charge in [0.2, 0.25) is 11.7 Å². The van der Waals surface area contributed by atoms with Gasteiger partial charge in [-0.3, -0.25) is 19.0 Å². The van der Waals surface area contributed by atoms with E-state index in [9.17, 15) is 18.0 Å². The van der Waals surface area contributed by atoms with Crippen LogP contribution in [0, 0.1) is 0 Å². The highest BCUT2D eigenvalue weighted by molar-refractivity contribution is 7.85. The smallest absolute Gasteiger partial charge is 0.264 e. The molecule has 1 heterocycles. The molecule has 1 saturated heterocycles. The molecular formula is C24H27Cl2NO8S. The number of likely N-dealkylation sites (tertiary alicyclic amines) is 1. The van der Waals surface area contributed by atoms with Crippen molar-refractivity contribution in [1.82, 2.24) is 4.90 Å². The minimum absolute atomic E-state index is 0.00695. The quantitative estimate of drug-likeness (QED) is 0.258. The van der Waals surface area contributed by atoms with Crippen LogP contribution < -0.4 is 14.2 Å². The number of hydrogen-bond donors (Lipinski definition) is 1. The number of halogens is 2. The van der Waals surface area contributed by atoms with E-state index in [0.29, 0.717) is 34.2 Å². The van der Waals surface area contributed by atoms with Gasteiger partial charge in [0.25, 0.3) is 16.0 Å². The predicted octanol–water partition coefficient (Wildman–Crippen LogP) is 4.39. The molecule has 1 fully saturated rings. The number of nitrogens with zero attached hydrogens (tertiary/aromatic N) is 1. The molecule has 36 heavy (non-hydrogen) atoms. The van der Waals surface area contributed by atoms with Crippen LogP contribution in [0.4, 0.5) is 0 Å². The van der Waals surface area contributed by atoms with Crippen LogP contribution in [-0.2, 0) is 20.3 Å². The monoisotopic (exact) mass is 559 g/mol. The molecule has 0 radical (unpaired) electrons. The van der Waals surface area contributed by atoms with Gasteiger partial charge in [-0.2, -0.15) is 8.42 Å². The Bertz CT molecular complexity index is 1240. The summed E-state index contributed by atoms with van der Waals surface area (Å²) < 4.78 is 47.3. The minimum Gasteiger partial charge on any atom is -0.493 e. The van der Waals surface area contributed by atoms with E-state index in [-0.39, 0.29) is 36.4 Å². The first kappa shape index (κ1) is 28.0. The van der Waals surface area contributed by atoms with Crippen LogP contribution in [0.25, 0.3) is 0 Å². The number of carbonyl (C=O) groups is 2. The first-order chi connectivity index (χ1) is 16.9. The molecule has 2 aromatic carbocycles. The summed E-state index contributed by atoms with van der Waals surface area (Å²) in [6.07, 6.45) is 0.967. The van der Waals surface area contributed by atoms with Crippen molar-refractivity contribution in [3.05, 3.63) is 51.5 Å². The molecule has 1 N–H and O–H groups in total. The van der Waals surface area contributed by atoms with Crippen molar-refractivity contribution in [3.63, 3.8) is 0 Å². The molecule has 196 valence electrons. The van der Waals surface area contributed by atoms with Crippen LogP contribution in [-0.4, -0.2) is 63.3 Å². The number of benzene rings is 2. The molecule has 1 aliphatic heterocycles. The molecule has 2 amide bonds. The molecule has 1 unspecified atom stereocenters. The van der Waals surface area contributed by atoms with E-state index in [2.05, 4.69) is 0 Å². The number of carbonyl (C=O) groups excluding carboxylic acids is 2. The largest absolute Gasteiger partial charge is 0.493 e. The Labute approximate surface area is 220 Å². The minimum atomic E-state index is -4.11. The number of methoxy groups -OCH3 is 3. The third kappa shape index (κ3) is 6.05. The van der Waals surface area contributed by atoms with Gasteiger partial charge in [0.1, 0.15) is 0 Å². The Balaban J connectivity index is 1.96. The summed E-state index contributed by atoms with van der Waals surface area (Å²) in [4.78, 5) is 27.8. The normalized spacial score (nSPS) is 17.8. The first-order valence-electron chi connectivity index (χ1n) is 11.0. The molecule has 9 nitrogen and oxygen atoms in total. The van der Waals surface area contributed by atoms with Crippen molar-refractivity contribution in [3.8, 4) is 17.2 Å². The van der Waals surface area contributed by atoms with Crippen LogP contribution >= 0.6 is 23.2 Å². The maximum absolute atomic E-state index is 13.5. The summed E-state index contributed by atoms with van der Waals surface area (Å²) in [6.45, 7) is 0.0468. The van der Waals surface area contributed by atoms with Crippen molar-refractivity contribution < 1.29 is 36.8 Å². The lowest BCUT2D eigenvalue weighted by Crippen LogP contribution is -2.36. The maximum atomic E-state index is 13.5. The lowest BCUT2D eigenvalue weighted by atomic mass is 9.75. The second kappa shape index (κ2) is 11.2. The van der Waals surface area contributed by atoms with Gasteiger partial charge >= 0.3 is 0 Å². The zero-order valence-corrected chi connectivity index (χ0v) is 22.4. The molecule has 3 rings (SSSR count). The van der Waals surface area contributed by atoms with Crippen LogP contribution in [0.15, 0.2) is 30.3 Å². The van der Waals surface area contributed by atoms with Gasteiger partial charge in [-0.25, -0.2) is 0 Å². The van der Waals surface area contributed by atoms with E-state index in [0.717, 1.165) is 4.90 Å². The number of ether oxygens (including phenoxy) is 3. The third-order valence-corrected chi connectivity index (χ3v) is 7.79. The fourth-order valence-electron chi connectivity index (χ4n) is 4.46. The Morgan fingerprint density at radius 3 is 2.19 bits per heavy atom. The van der Waals surface area contributed by atoms with E-state index < -0.39 is 33.1 Å². The van der Waals surface area contributed by atoms with Gasteiger partial charge in [-0.15, -0.1) is 0 Å². The zero-order valence-electron chi connectivity index (χ0n) is 20.0. The average Bonchev–Trinajstić information content (AvgIpc) is 3.18. The van der Waals surface area contributed by atoms with Crippen molar-refractivity contribution in [2.75, 3.05) is 33.6 Å². The summed E-state index contributed by atoms with van der Waals surface area (Å²) in [5, 5.41) is 0.643. The number of amides is 2. The van der Waals surface area contributed by atoms with Gasteiger partial charge < -0.3 is 14.2 Å². The van der Waals surface area contributed by atoms with Gasteiger partial charge in [-0.1, -0.05) is 35.7 Å². The molecule has 2 aromatic rings. The Morgan fingerprint density at radius 1 is 1.03 bits per heavy atom. The molecule has 1 atom stereocenters. The maximum Gasteiger partial charge on any atom is 0.264 e. The fraction of sp³-hybridized carbons (Fsp3) is 0.417. The topological polar surface area (TPSA) is 119 Å². The third-order valence-electron chi connectivity index (χ3n) is 6.25. The summed E-state index contributed by atoms with van der Waals surface area (Å²) in [7, 11) is 0.183. The van der Waals surface area contributed by atoms with Crippen molar-refractivity contribution in [2.24, 2.45) is 0 Å². The van der Waals surface area contributed by atoms with Gasteiger partial charge in [0.15, 0.2) is 11.5 Å². The number of unbranched alkanes of at least 4 members (excludes halogenated alkanes) is 1. The summed E-state index contributed by atoms with van der Waals surface area (Å²) in [5.74, 6) is -0.477. The van der Waals surface area contributed by atoms with Crippen LogP contribution in [0.3, 0.4) is 0 Å². The van der Waals surface area contributed by atoms with Crippen molar-refractivity contribution in [1.29, 1.82) is 0 Å². The zero-order chi connectivity index (χ0) is 26.7. The molecular weight excluding hydrogens is 533 g/mol. The average molecular weight is 560 g/mol. The second-order valence-electron chi connectivity index (χ2n) is 8.53. The van der Waals surface area contributed by atoms with E-state index in [4.69, 9.17) is 42.0 Å². The summed E-state index contributed by atoms with van der Waals surface area (Å²) >= 11 is 12.3. The van der Waals surface area contributed by atoms with Gasteiger partial charge in [0.05, 0.1) is 37.1 Å². The number of hydrogen-bond acceptors (Lipinski definition) is 7. The predicted molar refractivity (Wildman–Crippen MR) is 135 cm³/mol. The molecule has 0 spiro atoms.